The Bertz CT molecular complexity index is 1090. The van der Waals surface area contributed by atoms with E-state index in [9.17, 15) is 14.4 Å². The summed E-state index contributed by atoms with van der Waals surface area (Å²) in [4.78, 5) is 43.7. The van der Waals surface area contributed by atoms with Gasteiger partial charge < -0.3 is 4.90 Å². The molecule has 30 heavy (non-hydrogen) atoms. The molecule has 4 atom stereocenters. The number of halogens is 2. The average molecular weight is 489 g/mol. The van der Waals surface area contributed by atoms with Crippen LogP contribution in [-0.4, -0.2) is 35.6 Å². The molecule has 3 aliphatic heterocycles. The minimum atomic E-state index is -1.25. The summed E-state index contributed by atoms with van der Waals surface area (Å²) in [5.41, 5.74) is 0.724. The largest absolute Gasteiger partial charge is 0.309 e. The van der Waals surface area contributed by atoms with E-state index in [1.165, 1.54) is 4.90 Å². The van der Waals surface area contributed by atoms with Crippen LogP contribution in [0.3, 0.4) is 0 Å². The van der Waals surface area contributed by atoms with Crippen LogP contribution in [0.1, 0.15) is 12.5 Å². The number of benzene rings is 2. The first kappa shape index (κ1) is 19.7. The number of nitrogens with one attached hydrogen (secondary N) is 1. The first-order valence-electron chi connectivity index (χ1n) is 9.80. The van der Waals surface area contributed by atoms with E-state index in [1.54, 1.807) is 29.2 Å². The Kier molecular flexibility index (Phi) is 4.54. The number of carbonyl (C=O) groups is 3. The quantitative estimate of drug-likeness (QED) is 0.533. The van der Waals surface area contributed by atoms with Crippen molar-refractivity contribution in [2.24, 2.45) is 11.8 Å². The van der Waals surface area contributed by atoms with E-state index in [0.29, 0.717) is 22.6 Å². The van der Waals surface area contributed by atoms with Gasteiger partial charge in [0.05, 0.1) is 17.5 Å². The van der Waals surface area contributed by atoms with Gasteiger partial charge in [-0.3, -0.25) is 19.7 Å². The van der Waals surface area contributed by atoms with E-state index >= 15 is 0 Å². The molecule has 0 saturated carbocycles. The zero-order valence-electron chi connectivity index (χ0n) is 16.1. The zero-order chi connectivity index (χ0) is 21.2. The molecule has 0 aromatic heterocycles. The molecule has 0 aliphatic carbocycles. The van der Waals surface area contributed by atoms with E-state index in [4.69, 9.17) is 11.6 Å². The lowest BCUT2D eigenvalue weighted by molar-refractivity contribution is -0.132. The fourth-order valence-corrected chi connectivity index (χ4v) is 5.82. The van der Waals surface area contributed by atoms with Gasteiger partial charge in [-0.1, -0.05) is 51.8 Å². The van der Waals surface area contributed by atoms with Gasteiger partial charge in [0.1, 0.15) is 5.54 Å². The molecule has 5 rings (SSSR count). The summed E-state index contributed by atoms with van der Waals surface area (Å²) in [6.45, 7) is 2.34. The molecule has 8 heteroatoms. The second kappa shape index (κ2) is 6.90. The lowest BCUT2D eigenvalue weighted by Crippen LogP contribution is -2.55. The van der Waals surface area contributed by atoms with E-state index in [0.717, 1.165) is 11.3 Å². The Morgan fingerprint density at radius 2 is 1.87 bits per heavy atom. The molecule has 2 aromatic rings. The minimum Gasteiger partial charge on any atom is -0.309 e. The number of para-hydroxylation sites is 1. The van der Waals surface area contributed by atoms with Gasteiger partial charge in [-0.15, -0.1) is 0 Å². The molecule has 2 saturated heterocycles. The van der Waals surface area contributed by atoms with Gasteiger partial charge in [0, 0.05) is 34.2 Å². The van der Waals surface area contributed by atoms with Crippen molar-refractivity contribution in [2.45, 2.75) is 18.5 Å². The Hall–Kier alpha value is -2.22. The molecule has 1 spiro atoms. The Morgan fingerprint density at radius 3 is 2.60 bits per heavy atom. The van der Waals surface area contributed by atoms with Crippen molar-refractivity contribution in [1.82, 2.24) is 5.32 Å². The maximum atomic E-state index is 13.8. The monoisotopic (exact) mass is 487 g/mol. The molecule has 2 aromatic carbocycles. The number of hydrogen-bond acceptors (Lipinski definition) is 4. The lowest BCUT2D eigenvalue weighted by atomic mass is 9.76. The van der Waals surface area contributed by atoms with Crippen molar-refractivity contribution < 1.29 is 14.4 Å². The molecular weight excluding hydrogens is 470 g/mol. The number of imide groups is 1. The Balaban J connectivity index is 1.67. The van der Waals surface area contributed by atoms with Crippen molar-refractivity contribution in [2.75, 3.05) is 21.7 Å². The molecule has 3 heterocycles. The number of nitrogens with zero attached hydrogens (tertiary/aromatic N) is 2. The third kappa shape index (κ3) is 2.43. The van der Waals surface area contributed by atoms with Gasteiger partial charge in [-0.25, -0.2) is 4.90 Å². The van der Waals surface area contributed by atoms with E-state index < -0.39 is 17.4 Å². The van der Waals surface area contributed by atoms with Crippen molar-refractivity contribution in [3.8, 4) is 0 Å². The molecule has 0 unspecified atom stereocenters. The SMILES string of the molecule is C[C@H]1N[C@]2(C(=O)N(CCBr)c3ccccc32)[C@@H]2C(=O)N(c3cccc(Cl)c3)C(=O)[C@@H]21. The van der Waals surface area contributed by atoms with Crippen LogP contribution in [0.2, 0.25) is 5.02 Å². The molecule has 1 N–H and O–H groups in total. The van der Waals surface area contributed by atoms with Gasteiger partial charge >= 0.3 is 0 Å². The van der Waals surface area contributed by atoms with Crippen molar-refractivity contribution in [1.29, 1.82) is 0 Å². The van der Waals surface area contributed by atoms with Crippen LogP contribution < -0.4 is 15.1 Å². The summed E-state index contributed by atoms with van der Waals surface area (Å²) in [6, 6.07) is 13.9. The van der Waals surface area contributed by atoms with E-state index in [2.05, 4.69) is 21.2 Å². The number of hydrogen-bond donors (Lipinski definition) is 1. The van der Waals surface area contributed by atoms with Gasteiger partial charge in [0.25, 0.3) is 5.91 Å². The molecule has 3 amide bonds. The highest BCUT2D eigenvalue weighted by atomic mass is 79.9. The van der Waals surface area contributed by atoms with Crippen LogP contribution in [-0.2, 0) is 19.9 Å². The van der Waals surface area contributed by atoms with Gasteiger partial charge in [-0.2, -0.15) is 0 Å². The van der Waals surface area contributed by atoms with Crippen LogP contribution >= 0.6 is 27.5 Å². The van der Waals surface area contributed by atoms with E-state index in [1.807, 2.05) is 31.2 Å². The normalized spacial score (nSPS) is 29.8. The number of fused-ring (bicyclic) bond motifs is 4. The summed E-state index contributed by atoms with van der Waals surface area (Å²) in [5.74, 6) is -2.29. The second-order valence-electron chi connectivity index (χ2n) is 7.90. The lowest BCUT2D eigenvalue weighted by Gasteiger charge is -2.30. The van der Waals surface area contributed by atoms with Crippen LogP contribution in [0, 0.1) is 11.8 Å². The predicted molar refractivity (Wildman–Crippen MR) is 118 cm³/mol. The highest BCUT2D eigenvalue weighted by molar-refractivity contribution is 9.09. The third-order valence-corrected chi connectivity index (χ3v) is 6.98. The van der Waals surface area contributed by atoms with Crippen LogP contribution in [0.25, 0.3) is 0 Å². The highest BCUT2D eigenvalue weighted by Crippen LogP contribution is 2.55. The number of alkyl halides is 1. The standard InChI is InChI=1S/C22H19BrClN3O3/c1-12-17-18(20(29)27(19(17)28)14-6-4-5-13(24)11-14)22(25-12)15-7-2-3-8-16(15)26(10-9-23)21(22)30/h2-8,11-12,17-18,25H,9-10H2,1H3/t12-,17-,18+,22+/m1/s1. The fourth-order valence-electron chi connectivity index (χ4n) is 5.28. The summed E-state index contributed by atoms with van der Waals surface area (Å²) in [5, 5.41) is 4.42. The number of rotatable bonds is 3. The van der Waals surface area contributed by atoms with Crippen molar-refractivity contribution in [3.05, 3.63) is 59.1 Å². The Labute approximate surface area is 187 Å². The molecule has 154 valence electrons. The zero-order valence-corrected chi connectivity index (χ0v) is 18.5. The van der Waals surface area contributed by atoms with Crippen LogP contribution in [0.5, 0.6) is 0 Å². The number of carbonyl (C=O) groups excluding carboxylic acids is 3. The molecule has 2 fully saturated rings. The van der Waals surface area contributed by atoms with Crippen molar-refractivity contribution >= 4 is 56.6 Å². The van der Waals surface area contributed by atoms with E-state index in [-0.39, 0.29) is 23.8 Å². The van der Waals surface area contributed by atoms with Gasteiger partial charge in [-0.05, 0) is 31.2 Å². The van der Waals surface area contributed by atoms with Crippen molar-refractivity contribution in [3.63, 3.8) is 0 Å². The molecule has 0 radical (unpaired) electrons. The predicted octanol–water partition coefficient (Wildman–Crippen LogP) is 3.07. The highest BCUT2D eigenvalue weighted by Gasteiger charge is 2.70. The van der Waals surface area contributed by atoms with Gasteiger partial charge in [0.15, 0.2) is 0 Å². The van der Waals surface area contributed by atoms with Crippen LogP contribution in [0.15, 0.2) is 48.5 Å². The van der Waals surface area contributed by atoms with Crippen LogP contribution in [0.4, 0.5) is 11.4 Å². The number of amides is 3. The Morgan fingerprint density at radius 1 is 1.10 bits per heavy atom. The molecule has 0 bridgehead atoms. The molecule has 3 aliphatic rings. The molecule has 6 nitrogen and oxygen atoms in total. The first-order valence-corrected chi connectivity index (χ1v) is 11.3. The maximum Gasteiger partial charge on any atom is 0.252 e. The van der Waals surface area contributed by atoms with Gasteiger partial charge in [0.2, 0.25) is 11.8 Å². The average Bonchev–Trinajstić information content (AvgIpc) is 3.27. The summed E-state index contributed by atoms with van der Waals surface area (Å²) in [6.07, 6.45) is 0. The third-order valence-electron chi connectivity index (χ3n) is 6.39. The summed E-state index contributed by atoms with van der Waals surface area (Å²) < 4.78 is 0. The smallest absolute Gasteiger partial charge is 0.252 e. The second-order valence-corrected chi connectivity index (χ2v) is 9.13. The minimum absolute atomic E-state index is 0.184. The molecular formula is C22H19BrClN3O3. The topological polar surface area (TPSA) is 69.7 Å². The summed E-state index contributed by atoms with van der Waals surface area (Å²) >= 11 is 9.52. The number of anilines is 2. The maximum absolute atomic E-state index is 13.8. The first-order chi connectivity index (χ1) is 14.4. The fraction of sp³-hybridized carbons (Fsp3) is 0.318. The summed E-state index contributed by atoms with van der Waals surface area (Å²) in [7, 11) is 0.